The zero-order valence-electron chi connectivity index (χ0n) is 32.3. The summed E-state index contributed by atoms with van der Waals surface area (Å²) in [7, 11) is 3.49. The Morgan fingerprint density at radius 1 is 0.755 bits per heavy atom. The lowest BCUT2D eigenvalue weighted by Crippen LogP contribution is -2.15. The lowest BCUT2D eigenvalue weighted by Gasteiger charge is -2.18. The highest BCUT2D eigenvalue weighted by Crippen LogP contribution is 2.38. The first kappa shape index (κ1) is 44.9. The van der Waals surface area contributed by atoms with Crippen molar-refractivity contribution < 1.29 is 38.3 Å². The number of allylic oxidation sites excluding steroid dienone is 3. The Hall–Kier alpha value is -4.24. The van der Waals surface area contributed by atoms with Crippen LogP contribution in [-0.4, -0.2) is 50.4 Å². The van der Waals surface area contributed by atoms with Crippen LogP contribution >= 0.6 is 0 Å². The highest BCUT2D eigenvalue weighted by molar-refractivity contribution is 6.16. The predicted octanol–water partition coefficient (Wildman–Crippen LogP) is 9.29. The molecule has 9 heteroatoms. The fourth-order valence-electron chi connectivity index (χ4n) is 6.67. The van der Waals surface area contributed by atoms with Gasteiger partial charge >= 0.3 is 19.6 Å². The summed E-state index contributed by atoms with van der Waals surface area (Å²) in [6, 6.07) is 20.0. The van der Waals surface area contributed by atoms with Gasteiger partial charge in [0.05, 0.1) is 20.5 Å². The maximum Gasteiger partial charge on any atom is 0.569 e. The van der Waals surface area contributed by atoms with Gasteiger partial charge in [0.25, 0.3) is 0 Å². The van der Waals surface area contributed by atoms with Gasteiger partial charge in [-0.05, 0) is 72.6 Å². The van der Waals surface area contributed by atoms with Crippen molar-refractivity contribution in [3.63, 3.8) is 0 Å². The van der Waals surface area contributed by atoms with E-state index in [0.29, 0.717) is 62.7 Å². The molecule has 2 aliphatic carbocycles. The highest BCUT2D eigenvalue weighted by atomic mass is 16.5. The van der Waals surface area contributed by atoms with E-state index in [1.165, 1.54) is 26.0 Å². The zero-order valence-corrected chi connectivity index (χ0v) is 32.3. The van der Waals surface area contributed by atoms with Crippen LogP contribution in [0.2, 0.25) is 0 Å². The Morgan fingerprint density at radius 2 is 1.30 bits per heavy atom. The number of esters is 2. The topological polar surface area (TPSA) is 116 Å². The Labute approximate surface area is 318 Å². The van der Waals surface area contributed by atoms with E-state index in [9.17, 15) is 19.2 Å². The molecule has 1 radical (unpaired) electrons. The predicted molar refractivity (Wildman–Crippen MR) is 212 cm³/mol. The second-order valence-electron chi connectivity index (χ2n) is 13.9. The minimum Gasteiger partial charge on any atom is -0.543 e. The van der Waals surface area contributed by atoms with Crippen LogP contribution in [0.5, 0.6) is 0 Å². The second kappa shape index (κ2) is 27.4. The summed E-state index contributed by atoms with van der Waals surface area (Å²) in [5, 5.41) is 8.15. The summed E-state index contributed by atoms with van der Waals surface area (Å²) >= 11 is 0. The maximum atomic E-state index is 12.4. The molecule has 0 aromatic heterocycles. The van der Waals surface area contributed by atoms with Crippen LogP contribution in [0.3, 0.4) is 0 Å². The molecule has 8 nitrogen and oxygen atoms in total. The Bertz CT molecular complexity index is 1440. The van der Waals surface area contributed by atoms with Gasteiger partial charge in [-0.3, -0.25) is 19.2 Å². The number of hydrogen-bond acceptors (Lipinski definition) is 8. The Morgan fingerprint density at radius 3 is 1.83 bits per heavy atom. The van der Waals surface area contributed by atoms with E-state index in [2.05, 4.69) is 58.3 Å². The van der Waals surface area contributed by atoms with Crippen LogP contribution in [0, 0.1) is 23.7 Å². The van der Waals surface area contributed by atoms with Crippen molar-refractivity contribution in [1.29, 1.82) is 0 Å². The largest absolute Gasteiger partial charge is 0.569 e. The van der Waals surface area contributed by atoms with Crippen molar-refractivity contribution in [2.24, 2.45) is 23.7 Å². The first-order valence-corrected chi connectivity index (χ1v) is 19.1. The molecule has 4 atom stereocenters. The lowest BCUT2D eigenvalue weighted by molar-refractivity contribution is -0.141. The van der Waals surface area contributed by atoms with E-state index in [1.54, 1.807) is 6.08 Å². The van der Waals surface area contributed by atoms with Gasteiger partial charge in [-0.25, -0.2) is 0 Å². The van der Waals surface area contributed by atoms with E-state index in [-0.39, 0.29) is 17.9 Å². The van der Waals surface area contributed by atoms with Gasteiger partial charge < -0.3 is 19.2 Å². The summed E-state index contributed by atoms with van der Waals surface area (Å²) in [4.78, 5) is 45.8. The maximum absolute atomic E-state index is 12.4. The smallest absolute Gasteiger partial charge is 0.543 e. The van der Waals surface area contributed by atoms with E-state index < -0.39 is 0 Å². The molecule has 0 heterocycles. The fourth-order valence-corrected chi connectivity index (χ4v) is 6.67. The third-order valence-electron chi connectivity index (χ3n) is 9.60. The number of benzene rings is 2. The summed E-state index contributed by atoms with van der Waals surface area (Å²) < 4.78 is 13.7. The van der Waals surface area contributed by atoms with Gasteiger partial charge in [0, 0.05) is 31.6 Å². The summed E-state index contributed by atoms with van der Waals surface area (Å²) in [5.41, 5.74) is 3.25. The van der Waals surface area contributed by atoms with Gasteiger partial charge in [0.15, 0.2) is 5.78 Å². The van der Waals surface area contributed by atoms with Gasteiger partial charge in [-0.2, -0.15) is 0 Å². The summed E-state index contributed by atoms with van der Waals surface area (Å²) in [5.74, 6) is 1.85. The minimum absolute atomic E-state index is 0.132. The molecule has 1 saturated carbocycles. The number of ketones is 2. The third kappa shape index (κ3) is 19.4. The van der Waals surface area contributed by atoms with Gasteiger partial charge in [-0.1, -0.05) is 125 Å². The van der Waals surface area contributed by atoms with E-state index in [4.69, 9.17) is 5.02 Å². The van der Waals surface area contributed by atoms with Crippen molar-refractivity contribution in [3.8, 4) is 0 Å². The molecule has 1 N–H and O–H groups in total. The molecular formula is C44H60BO8. The van der Waals surface area contributed by atoms with Crippen molar-refractivity contribution in [1.82, 2.24) is 0 Å². The lowest BCUT2D eigenvalue weighted by atomic mass is 9.86. The van der Waals surface area contributed by atoms with Crippen LogP contribution in [0.4, 0.5) is 0 Å². The molecule has 4 rings (SSSR count). The molecule has 0 amide bonds. The van der Waals surface area contributed by atoms with Crippen LogP contribution in [-0.2, 0) is 33.3 Å². The Kier molecular flexibility index (Phi) is 23.2. The zero-order chi connectivity index (χ0) is 38.7. The SMILES string of the molecule is COC(=O)CCCCCCC1=CC(C)CC1=O.COC(=O)CCCCCC[C@H]1C(=O)C[C@@H](C)[C@@H]1/C=C/c1ccccc1.O[B]O/C=C/c1ccccc1. The van der Waals surface area contributed by atoms with E-state index >= 15 is 0 Å². The monoisotopic (exact) mass is 727 g/mol. The molecule has 1 unspecified atom stereocenters. The number of methoxy groups -OCH3 is 2. The van der Waals surface area contributed by atoms with Crippen molar-refractivity contribution >= 4 is 43.3 Å². The van der Waals surface area contributed by atoms with Crippen LogP contribution < -0.4 is 0 Å². The average molecular weight is 728 g/mol. The summed E-state index contributed by atoms with van der Waals surface area (Å²) in [6.45, 7) is 4.27. The molecule has 2 aliphatic rings. The quantitative estimate of drug-likeness (QED) is 0.0659. The Balaban J connectivity index is 0.000000299. The number of Topliss-reactive ketones (excluding diaryl/α,β-unsaturated/α-hetero) is 2. The van der Waals surface area contributed by atoms with Crippen molar-refractivity contribution in [2.45, 2.75) is 104 Å². The van der Waals surface area contributed by atoms with Crippen LogP contribution in [0.25, 0.3) is 12.2 Å². The van der Waals surface area contributed by atoms with Crippen LogP contribution in [0.15, 0.2) is 84.7 Å². The number of rotatable bonds is 19. The number of carbonyl (C=O) groups excluding carboxylic acids is 4. The summed E-state index contributed by atoms with van der Waals surface area (Å²) in [6.07, 6.45) is 22.0. The molecule has 0 spiro atoms. The average Bonchev–Trinajstić information content (AvgIpc) is 3.64. The van der Waals surface area contributed by atoms with E-state index in [0.717, 1.165) is 75.3 Å². The molecule has 0 bridgehead atoms. The molecule has 0 saturated heterocycles. The standard InChI is InChI=1S/C22H30O3.C14H22O3.C8H8BO2/c1-17-16-21(23)20(12-8-3-4-9-13-22(24)25-2)19(17)15-14-18-10-6-5-7-11-18;1-11-9-12(13(15)10-11)7-5-3-4-6-8-14(16)17-2;10-9-11-7-6-8-4-2-1-3-5-8/h5-7,10-11,14-15,17,19-20H,3-4,8-9,12-13,16H2,1-2H3;9,11H,3-8,10H2,1-2H3;1-7,10H/b15-14+;;7-6+/t17-,19+,20-;;/m1../s1. The number of ether oxygens (including phenoxy) is 2. The number of unbranched alkanes of at least 4 members (excludes halogenated alkanes) is 6. The van der Waals surface area contributed by atoms with Gasteiger partial charge in [0.1, 0.15) is 5.78 Å². The third-order valence-corrected chi connectivity index (χ3v) is 9.60. The van der Waals surface area contributed by atoms with Gasteiger partial charge in [0.2, 0.25) is 0 Å². The molecule has 2 aromatic rings. The number of hydrogen-bond donors (Lipinski definition) is 1. The first-order valence-electron chi connectivity index (χ1n) is 19.1. The van der Waals surface area contributed by atoms with Crippen LogP contribution in [0.1, 0.15) is 115 Å². The molecule has 0 aliphatic heterocycles. The first-order chi connectivity index (χ1) is 25.7. The molecule has 2 aromatic carbocycles. The molecule has 53 heavy (non-hydrogen) atoms. The van der Waals surface area contributed by atoms with Crippen molar-refractivity contribution in [3.05, 3.63) is 95.8 Å². The molecular weight excluding hydrogens is 667 g/mol. The second-order valence-corrected chi connectivity index (χ2v) is 13.9. The fraction of sp³-hybridized carbons (Fsp3) is 0.500. The normalized spacial score (nSPS) is 19.2. The van der Waals surface area contributed by atoms with E-state index in [1.807, 2.05) is 48.5 Å². The molecule has 287 valence electrons. The van der Waals surface area contributed by atoms with Gasteiger partial charge in [-0.15, -0.1) is 0 Å². The van der Waals surface area contributed by atoms with Crippen molar-refractivity contribution in [2.75, 3.05) is 14.2 Å². The number of carbonyl (C=O) groups is 4. The molecule has 1 fully saturated rings. The highest BCUT2D eigenvalue weighted by Gasteiger charge is 2.37. The minimum atomic E-state index is -0.133.